The number of para-hydroxylation sites is 2. The quantitative estimate of drug-likeness (QED) is 0.759. The van der Waals surface area contributed by atoms with Crippen LogP contribution in [0.2, 0.25) is 0 Å². The van der Waals surface area contributed by atoms with Crippen LogP contribution in [-0.2, 0) is 4.79 Å². The summed E-state index contributed by atoms with van der Waals surface area (Å²) in [6, 6.07) is 7.35. The summed E-state index contributed by atoms with van der Waals surface area (Å²) in [6.07, 6.45) is 0. The van der Waals surface area contributed by atoms with Crippen LogP contribution in [0.4, 0.5) is 0 Å². The number of benzene rings is 1. The molecular weight excluding hydrogens is 218 g/mol. The van der Waals surface area contributed by atoms with Gasteiger partial charge in [0, 0.05) is 13.6 Å². The number of amides is 1. The van der Waals surface area contributed by atoms with Gasteiger partial charge >= 0.3 is 0 Å². The normalized spacial score (nSPS) is 9.82. The molecule has 0 atom stereocenters. The lowest BCUT2D eigenvalue weighted by molar-refractivity contribution is -0.131. The van der Waals surface area contributed by atoms with Gasteiger partial charge in [0.25, 0.3) is 5.91 Å². The number of ether oxygens (including phenoxy) is 2. The third-order valence-electron chi connectivity index (χ3n) is 2.40. The van der Waals surface area contributed by atoms with Gasteiger partial charge in [0.05, 0.1) is 6.61 Å². The van der Waals surface area contributed by atoms with Gasteiger partial charge in [-0.25, -0.2) is 0 Å². The van der Waals surface area contributed by atoms with Crippen LogP contribution in [0, 0.1) is 0 Å². The second kappa shape index (κ2) is 6.78. The third kappa shape index (κ3) is 3.98. The van der Waals surface area contributed by atoms with E-state index in [0.717, 1.165) is 0 Å². The first-order chi connectivity index (χ1) is 8.19. The van der Waals surface area contributed by atoms with Crippen LogP contribution < -0.4 is 9.47 Å². The van der Waals surface area contributed by atoms with Crippen molar-refractivity contribution in [3.63, 3.8) is 0 Å². The molecule has 0 aliphatic rings. The van der Waals surface area contributed by atoms with E-state index in [1.807, 2.05) is 32.0 Å². The van der Waals surface area contributed by atoms with Gasteiger partial charge in [0.2, 0.25) is 0 Å². The first-order valence-electron chi connectivity index (χ1n) is 5.77. The fraction of sp³-hybridized carbons (Fsp3) is 0.462. The molecule has 0 unspecified atom stereocenters. The molecule has 0 fully saturated rings. The molecule has 0 aliphatic heterocycles. The summed E-state index contributed by atoms with van der Waals surface area (Å²) in [7, 11) is 1.75. The Morgan fingerprint density at radius 1 is 1.18 bits per heavy atom. The lowest BCUT2D eigenvalue weighted by Crippen LogP contribution is -2.31. The van der Waals surface area contributed by atoms with E-state index < -0.39 is 0 Å². The zero-order valence-electron chi connectivity index (χ0n) is 10.6. The maximum atomic E-state index is 11.6. The minimum Gasteiger partial charge on any atom is -0.490 e. The van der Waals surface area contributed by atoms with Gasteiger partial charge in [-0.05, 0) is 26.0 Å². The predicted octanol–water partition coefficient (Wildman–Crippen LogP) is 1.94. The summed E-state index contributed by atoms with van der Waals surface area (Å²) in [5.41, 5.74) is 0. The SMILES string of the molecule is CCOc1ccccc1OCC(=O)N(C)CC. The smallest absolute Gasteiger partial charge is 0.260 e. The van der Waals surface area contributed by atoms with Crippen molar-refractivity contribution in [2.45, 2.75) is 13.8 Å². The molecule has 94 valence electrons. The van der Waals surface area contributed by atoms with Crippen molar-refractivity contribution in [3.05, 3.63) is 24.3 Å². The number of carbonyl (C=O) groups is 1. The van der Waals surface area contributed by atoms with E-state index in [-0.39, 0.29) is 12.5 Å². The summed E-state index contributed by atoms with van der Waals surface area (Å²) in [5.74, 6) is 1.23. The summed E-state index contributed by atoms with van der Waals surface area (Å²) in [5, 5.41) is 0. The van der Waals surface area contributed by atoms with Crippen LogP contribution in [0.5, 0.6) is 11.5 Å². The zero-order chi connectivity index (χ0) is 12.7. The maximum Gasteiger partial charge on any atom is 0.260 e. The van der Waals surface area contributed by atoms with Gasteiger partial charge in [0.1, 0.15) is 0 Å². The summed E-state index contributed by atoms with van der Waals surface area (Å²) < 4.78 is 10.9. The van der Waals surface area contributed by atoms with Crippen molar-refractivity contribution >= 4 is 5.91 Å². The molecule has 0 saturated heterocycles. The van der Waals surface area contributed by atoms with E-state index in [9.17, 15) is 4.79 Å². The predicted molar refractivity (Wildman–Crippen MR) is 66.4 cm³/mol. The number of rotatable bonds is 6. The van der Waals surface area contributed by atoms with E-state index >= 15 is 0 Å². The summed E-state index contributed by atoms with van der Waals surface area (Å²) in [6.45, 7) is 5.12. The molecular formula is C13H19NO3. The highest BCUT2D eigenvalue weighted by Gasteiger charge is 2.09. The molecule has 4 heteroatoms. The van der Waals surface area contributed by atoms with Gasteiger partial charge < -0.3 is 14.4 Å². The van der Waals surface area contributed by atoms with E-state index in [4.69, 9.17) is 9.47 Å². The Bertz CT molecular complexity index is 365. The van der Waals surface area contributed by atoms with E-state index in [1.54, 1.807) is 18.0 Å². The Labute approximate surface area is 102 Å². The Morgan fingerprint density at radius 2 is 1.76 bits per heavy atom. The first kappa shape index (κ1) is 13.4. The number of hydrogen-bond acceptors (Lipinski definition) is 3. The van der Waals surface area contributed by atoms with Crippen LogP contribution in [0.15, 0.2) is 24.3 Å². The van der Waals surface area contributed by atoms with Crippen molar-refractivity contribution in [2.75, 3.05) is 26.8 Å². The molecule has 17 heavy (non-hydrogen) atoms. The van der Waals surface area contributed by atoms with Gasteiger partial charge in [-0.15, -0.1) is 0 Å². The highest BCUT2D eigenvalue weighted by atomic mass is 16.5. The van der Waals surface area contributed by atoms with Gasteiger partial charge in [0.15, 0.2) is 18.1 Å². The molecule has 4 nitrogen and oxygen atoms in total. The van der Waals surface area contributed by atoms with Crippen LogP contribution in [0.3, 0.4) is 0 Å². The van der Waals surface area contributed by atoms with Crippen molar-refractivity contribution in [2.24, 2.45) is 0 Å². The van der Waals surface area contributed by atoms with Crippen molar-refractivity contribution in [1.82, 2.24) is 4.90 Å². The average molecular weight is 237 g/mol. The fourth-order valence-corrected chi connectivity index (χ4v) is 1.27. The molecule has 0 saturated carbocycles. The number of nitrogens with zero attached hydrogens (tertiary/aromatic N) is 1. The molecule has 0 spiro atoms. The largest absolute Gasteiger partial charge is 0.490 e. The van der Waals surface area contributed by atoms with Crippen LogP contribution >= 0.6 is 0 Å². The van der Waals surface area contributed by atoms with E-state index in [0.29, 0.717) is 24.7 Å². The lowest BCUT2D eigenvalue weighted by atomic mass is 10.3. The molecule has 1 amide bonds. The van der Waals surface area contributed by atoms with Crippen LogP contribution in [0.25, 0.3) is 0 Å². The van der Waals surface area contributed by atoms with Gasteiger partial charge in [-0.3, -0.25) is 4.79 Å². The molecule has 0 aliphatic carbocycles. The fourth-order valence-electron chi connectivity index (χ4n) is 1.27. The number of likely N-dealkylation sites (N-methyl/N-ethyl adjacent to an activating group) is 1. The van der Waals surface area contributed by atoms with Crippen LogP contribution in [0.1, 0.15) is 13.8 Å². The van der Waals surface area contributed by atoms with Crippen LogP contribution in [-0.4, -0.2) is 37.6 Å². The molecule has 0 N–H and O–H groups in total. The van der Waals surface area contributed by atoms with Crippen molar-refractivity contribution in [3.8, 4) is 11.5 Å². The van der Waals surface area contributed by atoms with Gasteiger partial charge in [-0.1, -0.05) is 12.1 Å². The minimum absolute atomic E-state index is 0.0361. The standard InChI is InChI=1S/C13H19NO3/c1-4-14(3)13(15)10-17-12-9-7-6-8-11(12)16-5-2/h6-9H,4-5,10H2,1-3H3. The molecule has 0 radical (unpaired) electrons. The molecule has 0 bridgehead atoms. The van der Waals surface area contributed by atoms with Gasteiger partial charge in [-0.2, -0.15) is 0 Å². The molecule has 0 heterocycles. The highest BCUT2D eigenvalue weighted by Crippen LogP contribution is 2.26. The summed E-state index contributed by atoms with van der Waals surface area (Å²) in [4.78, 5) is 13.2. The third-order valence-corrected chi connectivity index (χ3v) is 2.40. The molecule has 1 rings (SSSR count). The topological polar surface area (TPSA) is 38.8 Å². The monoisotopic (exact) mass is 237 g/mol. The molecule has 1 aromatic rings. The molecule has 0 aromatic heterocycles. The number of hydrogen-bond donors (Lipinski definition) is 0. The first-order valence-corrected chi connectivity index (χ1v) is 5.77. The minimum atomic E-state index is -0.0428. The van der Waals surface area contributed by atoms with E-state index in [2.05, 4.69) is 0 Å². The molecule has 1 aromatic carbocycles. The van der Waals surface area contributed by atoms with E-state index in [1.165, 1.54) is 0 Å². The zero-order valence-corrected chi connectivity index (χ0v) is 10.6. The number of carbonyl (C=O) groups excluding carboxylic acids is 1. The Morgan fingerprint density at radius 3 is 2.29 bits per heavy atom. The Kier molecular flexibility index (Phi) is 5.33. The summed E-state index contributed by atoms with van der Waals surface area (Å²) >= 11 is 0. The maximum absolute atomic E-state index is 11.6. The van der Waals surface area contributed by atoms with Crippen molar-refractivity contribution < 1.29 is 14.3 Å². The lowest BCUT2D eigenvalue weighted by Gasteiger charge is -2.16. The average Bonchev–Trinajstić information content (AvgIpc) is 2.36. The Hall–Kier alpha value is -1.71. The van der Waals surface area contributed by atoms with Crippen molar-refractivity contribution in [1.29, 1.82) is 0 Å². The Balaban J connectivity index is 2.59. The second-order valence-corrected chi connectivity index (χ2v) is 3.58. The highest BCUT2D eigenvalue weighted by molar-refractivity contribution is 5.77. The second-order valence-electron chi connectivity index (χ2n) is 3.58.